The predicted molar refractivity (Wildman–Crippen MR) is 139 cm³/mol. The monoisotopic (exact) mass is 509 g/mol. The molecule has 1 aliphatic carbocycles. The van der Waals surface area contributed by atoms with E-state index in [9.17, 15) is 19.5 Å². The van der Waals surface area contributed by atoms with Crippen molar-refractivity contribution in [2.75, 3.05) is 19.0 Å². The zero-order chi connectivity index (χ0) is 25.8. The van der Waals surface area contributed by atoms with Gasteiger partial charge in [-0.1, -0.05) is 67.4 Å². The Labute approximate surface area is 216 Å². The summed E-state index contributed by atoms with van der Waals surface area (Å²) in [7, 11) is 1.57. The Morgan fingerprint density at radius 2 is 1.75 bits per heavy atom. The first kappa shape index (κ1) is 25.9. The number of allylic oxidation sites excluding steroid dienone is 1. The van der Waals surface area contributed by atoms with E-state index < -0.39 is 29.8 Å². The van der Waals surface area contributed by atoms with Crippen molar-refractivity contribution in [2.45, 2.75) is 31.8 Å². The van der Waals surface area contributed by atoms with Crippen molar-refractivity contribution in [1.82, 2.24) is 10.2 Å². The van der Waals surface area contributed by atoms with Gasteiger partial charge in [-0.25, -0.2) is 0 Å². The average Bonchev–Trinajstić information content (AvgIpc) is 3.18. The van der Waals surface area contributed by atoms with Gasteiger partial charge in [0.2, 0.25) is 17.7 Å². The summed E-state index contributed by atoms with van der Waals surface area (Å²) < 4.78 is 0. The fourth-order valence-electron chi connectivity index (χ4n) is 5.69. The zero-order valence-electron chi connectivity index (χ0n) is 20.4. The van der Waals surface area contributed by atoms with Crippen LogP contribution in [0.2, 0.25) is 5.02 Å². The molecule has 3 amide bonds. The molecule has 0 radical (unpaired) electrons. The molecular formula is C28H32ClN3O4. The van der Waals surface area contributed by atoms with Crippen LogP contribution in [0.1, 0.15) is 31.4 Å². The van der Waals surface area contributed by atoms with Gasteiger partial charge in [-0.15, -0.1) is 0 Å². The summed E-state index contributed by atoms with van der Waals surface area (Å²) in [5.74, 6) is -2.80. The Bertz CT molecular complexity index is 1120. The van der Waals surface area contributed by atoms with Gasteiger partial charge in [0, 0.05) is 23.7 Å². The van der Waals surface area contributed by atoms with Crippen LogP contribution in [0, 0.1) is 23.7 Å². The maximum atomic E-state index is 14.1. The van der Waals surface area contributed by atoms with Gasteiger partial charge >= 0.3 is 0 Å². The molecule has 190 valence electrons. The van der Waals surface area contributed by atoms with Crippen molar-refractivity contribution in [1.29, 1.82) is 0 Å². The normalized spacial score (nSPS) is 25.8. The van der Waals surface area contributed by atoms with Gasteiger partial charge in [0.25, 0.3) is 0 Å². The molecule has 2 aromatic rings. The lowest BCUT2D eigenvalue weighted by Crippen LogP contribution is -2.46. The molecule has 2 aromatic carbocycles. The predicted octanol–water partition coefficient (Wildman–Crippen LogP) is 3.80. The number of aliphatic hydroxyl groups excluding tert-OH is 1. The Morgan fingerprint density at radius 3 is 2.36 bits per heavy atom. The number of carbonyl (C=O) groups excluding carboxylic acids is 3. The van der Waals surface area contributed by atoms with E-state index in [1.54, 1.807) is 31.3 Å². The van der Waals surface area contributed by atoms with Crippen LogP contribution in [-0.4, -0.2) is 47.4 Å². The molecule has 1 fully saturated rings. The van der Waals surface area contributed by atoms with Gasteiger partial charge in [-0.05, 0) is 42.2 Å². The number of halogens is 1. The molecule has 1 aliphatic heterocycles. The Balaban J connectivity index is 1.78. The second-order valence-corrected chi connectivity index (χ2v) is 9.81. The molecule has 4 rings (SSSR count). The van der Waals surface area contributed by atoms with E-state index in [0.29, 0.717) is 10.7 Å². The maximum Gasteiger partial charge on any atom is 0.247 e. The largest absolute Gasteiger partial charge is 0.394 e. The molecule has 0 unspecified atom stereocenters. The molecule has 1 saturated heterocycles. The summed E-state index contributed by atoms with van der Waals surface area (Å²) in [6.07, 6.45) is 5.53. The molecule has 8 heteroatoms. The van der Waals surface area contributed by atoms with Crippen LogP contribution in [0.15, 0.2) is 66.7 Å². The van der Waals surface area contributed by atoms with Gasteiger partial charge in [0.1, 0.15) is 6.04 Å². The van der Waals surface area contributed by atoms with Crippen LogP contribution in [0.25, 0.3) is 0 Å². The topological polar surface area (TPSA) is 98.7 Å². The fraction of sp³-hybridized carbons (Fsp3) is 0.393. The van der Waals surface area contributed by atoms with Crippen LogP contribution >= 0.6 is 11.6 Å². The number of nitrogens with zero attached hydrogens (tertiary/aromatic N) is 1. The SMILES string of the molecule is CCC[C@@H]1C=C[C@H]2[C@@H](C(=O)N([C@H](CO)c3ccccc3)[C@@H]2C(=O)Nc2ccc(Cl)cc2)[C@@H]1C(=O)NC. The molecule has 0 aromatic heterocycles. The highest BCUT2D eigenvalue weighted by molar-refractivity contribution is 6.30. The van der Waals surface area contributed by atoms with Gasteiger partial charge < -0.3 is 20.6 Å². The summed E-state index contributed by atoms with van der Waals surface area (Å²) in [4.78, 5) is 42.4. The quantitative estimate of drug-likeness (QED) is 0.471. The van der Waals surface area contributed by atoms with Crippen LogP contribution < -0.4 is 10.6 Å². The van der Waals surface area contributed by atoms with E-state index in [0.717, 1.165) is 18.4 Å². The minimum Gasteiger partial charge on any atom is -0.394 e. The van der Waals surface area contributed by atoms with Gasteiger partial charge in [-0.3, -0.25) is 14.4 Å². The number of amides is 3. The van der Waals surface area contributed by atoms with Crippen LogP contribution in [0.5, 0.6) is 0 Å². The average molecular weight is 510 g/mol. The maximum absolute atomic E-state index is 14.1. The molecule has 6 atom stereocenters. The molecule has 0 spiro atoms. The standard InChI is InChI=1S/C28H32ClN3O4/c1-3-7-18-10-15-21-24(23(18)26(34)30-2)28(36)32(22(16-33)17-8-5-4-6-9-17)25(21)27(35)31-20-13-11-19(29)12-14-20/h4-6,8-15,18,21-25,33H,3,7,16H2,1-2H3,(H,30,34)(H,31,35)/t18-,21+,22-,23-,24-,25+/m1/s1. The van der Waals surface area contributed by atoms with E-state index in [-0.39, 0.29) is 30.2 Å². The number of anilines is 1. The van der Waals surface area contributed by atoms with Gasteiger partial charge in [0.05, 0.1) is 24.5 Å². The number of rotatable bonds is 8. The lowest BCUT2D eigenvalue weighted by atomic mass is 9.68. The van der Waals surface area contributed by atoms with E-state index in [2.05, 4.69) is 10.6 Å². The van der Waals surface area contributed by atoms with Gasteiger partial charge in [-0.2, -0.15) is 0 Å². The summed E-state index contributed by atoms with van der Waals surface area (Å²) in [5, 5.41) is 16.6. The molecule has 36 heavy (non-hydrogen) atoms. The number of nitrogens with one attached hydrogen (secondary N) is 2. The summed E-state index contributed by atoms with van der Waals surface area (Å²) in [5.41, 5.74) is 1.27. The number of fused-ring (bicyclic) bond motifs is 1. The third kappa shape index (κ3) is 4.90. The highest BCUT2D eigenvalue weighted by Gasteiger charge is 2.58. The third-order valence-electron chi connectivity index (χ3n) is 7.29. The molecular weight excluding hydrogens is 478 g/mol. The highest BCUT2D eigenvalue weighted by Crippen LogP contribution is 2.47. The Hall–Kier alpha value is -3.16. The zero-order valence-corrected chi connectivity index (χ0v) is 21.2. The molecule has 3 N–H and O–H groups in total. The first-order valence-electron chi connectivity index (χ1n) is 12.4. The second kappa shape index (κ2) is 11.3. The summed E-state index contributed by atoms with van der Waals surface area (Å²) in [6.45, 7) is 1.69. The van der Waals surface area contributed by atoms with Crippen molar-refractivity contribution in [3.05, 3.63) is 77.3 Å². The third-order valence-corrected chi connectivity index (χ3v) is 7.54. The summed E-state index contributed by atoms with van der Waals surface area (Å²) >= 11 is 6.00. The second-order valence-electron chi connectivity index (χ2n) is 9.38. The molecule has 1 heterocycles. The van der Waals surface area contributed by atoms with Gasteiger partial charge in [0.15, 0.2) is 0 Å². The highest BCUT2D eigenvalue weighted by atomic mass is 35.5. The van der Waals surface area contributed by atoms with E-state index in [4.69, 9.17) is 11.6 Å². The fourth-order valence-corrected chi connectivity index (χ4v) is 5.82. The minimum atomic E-state index is -0.901. The lowest BCUT2D eigenvalue weighted by Gasteiger charge is -2.34. The number of benzene rings is 2. The first-order valence-corrected chi connectivity index (χ1v) is 12.7. The Morgan fingerprint density at radius 1 is 1.06 bits per heavy atom. The molecule has 0 saturated carbocycles. The Kier molecular flexibility index (Phi) is 8.11. The number of carbonyl (C=O) groups is 3. The number of hydrogen-bond donors (Lipinski definition) is 3. The van der Waals surface area contributed by atoms with E-state index >= 15 is 0 Å². The van der Waals surface area contributed by atoms with Crippen LogP contribution in [-0.2, 0) is 14.4 Å². The molecule has 2 aliphatic rings. The number of likely N-dealkylation sites (tertiary alicyclic amines) is 1. The smallest absolute Gasteiger partial charge is 0.247 e. The van der Waals surface area contributed by atoms with Crippen molar-refractivity contribution < 1.29 is 19.5 Å². The first-order chi connectivity index (χ1) is 17.4. The lowest BCUT2D eigenvalue weighted by molar-refractivity contribution is -0.143. The van der Waals surface area contributed by atoms with E-state index in [1.807, 2.05) is 49.4 Å². The van der Waals surface area contributed by atoms with Crippen LogP contribution in [0.4, 0.5) is 5.69 Å². The van der Waals surface area contributed by atoms with Crippen LogP contribution in [0.3, 0.4) is 0 Å². The van der Waals surface area contributed by atoms with Crippen molar-refractivity contribution in [2.24, 2.45) is 23.7 Å². The molecule has 7 nitrogen and oxygen atoms in total. The number of hydrogen-bond acceptors (Lipinski definition) is 4. The van der Waals surface area contributed by atoms with E-state index in [1.165, 1.54) is 4.90 Å². The summed E-state index contributed by atoms with van der Waals surface area (Å²) in [6, 6.07) is 14.3. The van der Waals surface area contributed by atoms with Crippen molar-refractivity contribution >= 4 is 35.0 Å². The van der Waals surface area contributed by atoms with Crippen molar-refractivity contribution in [3.8, 4) is 0 Å². The van der Waals surface area contributed by atoms with Crippen molar-refractivity contribution in [3.63, 3.8) is 0 Å². The number of aliphatic hydroxyl groups is 1. The minimum absolute atomic E-state index is 0.107. The molecule has 0 bridgehead atoms.